The third-order valence-corrected chi connectivity index (χ3v) is 3.79. The predicted molar refractivity (Wildman–Crippen MR) is 95.9 cm³/mol. The van der Waals surface area contributed by atoms with E-state index < -0.39 is 5.63 Å². The maximum atomic E-state index is 11.6. The van der Waals surface area contributed by atoms with Gasteiger partial charge in [0.2, 0.25) is 0 Å². The maximum absolute atomic E-state index is 11.6. The minimum atomic E-state index is -0.500. The van der Waals surface area contributed by atoms with Crippen LogP contribution in [0.5, 0.6) is 5.75 Å². The quantitative estimate of drug-likeness (QED) is 0.417. The number of aldehydes is 1. The Morgan fingerprint density at radius 1 is 1.32 bits per heavy atom. The van der Waals surface area contributed by atoms with Gasteiger partial charge in [0.1, 0.15) is 24.2 Å². The first-order valence-corrected chi connectivity index (χ1v) is 7.91. The number of ketones is 1. The number of Topliss-reactive ketones (excluding diaryl/α,β-unsaturated/α-hetero) is 1. The second-order valence-electron chi connectivity index (χ2n) is 5.79. The van der Waals surface area contributed by atoms with Crippen LogP contribution in [0.2, 0.25) is 0 Å². The van der Waals surface area contributed by atoms with Gasteiger partial charge in [-0.1, -0.05) is 18.7 Å². The minimum Gasteiger partial charge on any atom is -0.488 e. The monoisotopic (exact) mass is 340 g/mol. The molecule has 0 atom stereocenters. The second-order valence-corrected chi connectivity index (χ2v) is 5.79. The summed E-state index contributed by atoms with van der Waals surface area (Å²) in [6.45, 7) is 7.24. The fraction of sp³-hybridized carbons (Fsp3) is 0.250. The van der Waals surface area contributed by atoms with E-state index in [0.29, 0.717) is 35.2 Å². The molecule has 5 heteroatoms. The first-order chi connectivity index (χ1) is 11.9. The first-order valence-electron chi connectivity index (χ1n) is 7.91. The summed E-state index contributed by atoms with van der Waals surface area (Å²) in [6.07, 6.45) is 2.88. The van der Waals surface area contributed by atoms with Crippen LogP contribution < -0.4 is 10.4 Å². The number of ether oxygens (including phenoxy) is 1. The first kappa shape index (κ1) is 18.4. The SMILES string of the molecule is C=C(C)C(=O)CC/C(C=O)=C\COc1cc(=O)oc2cccc(C)c12. The normalized spacial score (nSPS) is 11.4. The average Bonchev–Trinajstić information content (AvgIpc) is 2.57. The molecule has 0 unspecified atom stereocenters. The number of rotatable bonds is 8. The Morgan fingerprint density at radius 3 is 2.76 bits per heavy atom. The molecule has 0 fully saturated rings. The third kappa shape index (κ3) is 4.76. The van der Waals surface area contributed by atoms with Crippen molar-refractivity contribution in [2.45, 2.75) is 26.7 Å². The van der Waals surface area contributed by atoms with Crippen LogP contribution in [0.1, 0.15) is 25.3 Å². The predicted octanol–water partition coefficient (Wildman–Crippen LogP) is 3.53. The molecule has 1 aromatic carbocycles. The minimum absolute atomic E-state index is 0.0732. The molecule has 1 heterocycles. The van der Waals surface area contributed by atoms with Crippen molar-refractivity contribution in [2.24, 2.45) is 0 Å². The highest BCUT2D eigenvalue weighted by molar-refractivity contribution is 5.94. The molecule has 0 N–H and O–H groups in total. The van der Waals surface area contributed by atoms with Crippen LogP contribution in [0.3, 0.4) is 0 Å². The van der Waals surface area contributed by atoms with E-state index in [1.807, 2.05) is 13.0 Å². The number of aryl methyl sites for hydroxylation is 1. The third-order valence-electron chi connectivity index (χ3n) is 3.79. The van der Waals surface area contributed by atoms with Crippen molar-refractivity contribution in [1.82, 2.24) is 0 Å². The lowest BCUT2D eigenvalue weighted by Crippen LogP contribution is -2.04. The van der Waals surface area contributed by atoms with Gasteiger partial charge in [-0.2, -0.15) is 0 Å². The van der Waals surface area contributed by atoms with Gasteiger partial charge >= 0.3 is 5.63 Å². The topological polar surface area (TPSA) is 73.6 Å². The standard InChI is InChI=1S/C20H20O5/c1-13(2)16(22)8-7-15(12-21)9-10-24-18-11-19(23)25-17-6-4-5-14(3)20(17)18/h4-6,9,11-12H,1,7-8,10H2,2-3H3/b15-9+. The Hall–Kier alpha value is -2.95. The van der Waals surface area contributed by atoms with E-state index in [-0.39, 0.29) is 18.8 Å². The Bertz CT molecular complexity index is 902. The zero-order chi connectivity index (χ0) is 18.4. The van der Waals surface area contributed by atoms with Gasteiger partial charge in [-0.3, -0.25) is 9.59 Å². The highest BCUT2D eigenvalue weighted by atomic mass is 16.5. The highest BCUT2D eigenvalue weighted by Gasteiger charge is 2.09. The van der Waals surface area contributed by atoms with Gasteiger partial charge in [-0.15, -0.1) is 0 Å². The molecule has 0 aliphatic carbocycles. The molecular formula is C20H20O5. The lowest BCUT2D eigenvalue weighted by atomic mass is 10.1. The summed E-state index contributed by atoms with van der Waals surface area (Å²) in [5, 5.41) is 0.723. The van der Waals surface area contributed by atoms with E-state index in [9.17, 15) is 14.4 Å². The molecule has 0 saturated carbocycles. The number of carbonyl (C=O) groups excluding carboxylic acids is 2. The average molecular weight is 340 g/mol. The number of fused-ring (bicyclic) bond motifs is 1. The zero-order valence-corrected chi connectivity index (χ0v) is 14.3. The fourth-order valence-electron chi connectivity index (χ4n) is 2.39. The van der Waals surface area contributed by atoms with Gasteiger partial charge in [0.15, 0.2) is 5.78 Å². The molecule has 0 aliphatic heterocycles. The molecule has 5 nitrogen and oxygen atoms in total. The van der Waals surface area contributed by atoms with Crippen LogP contribution in [-0.4, -0.2) is 18.7 Å². The smallest absolute Gasteiger partial charge is 0.339 e. The zero-order valence-electron chi connectivity index (χ0n) is 14.3. The van der Waals surface area contributed by atoms with E-state index in [2.05, 4.69) is 6.58 Å². The summed E-state index contributed by atoms with van der Waals surface area (Å²) in [5.41, 5.74) is 1.81. The number of carbonyl (C=O) groups is 2. The van der Waals surface area contributed by atoms with Crippen LogP contribution in [0, 0.1) is 6.92 Å². The van der Waals surface area contributed by atoms with Crippen molar-refractivity contribution in [1.29, 1.82) is 0 Å². The van der Waals surface area contributed by atoms with Crippen LogP contribution in [0.25, 0.3) is 11.0 Å². The summed E-state index contributed by atoms with van der Waals surface area (Å²) in [6, 6.07) is 6.68. The number of hydrogen-bond acceptors (Lipinski definition) is 5. The molecule has 0 bridgehead atoms. The molecule has 0 saturated heterocycles. The Balaban J connectivity index is 2.14. The molecule has 1 aromatic heterocycles. The van der Waals surface area contributed by atoms with E-state index >= 15 is 0 Å². The largest absolute Gasteiger partial charge is 0.488 e. The van der Waals surface area contributed by atoms with Gasteiger partial charge in [0.05, 0.1) is 11.5 Å². The molecule has 130 valence electrons. The molecule has 2 rings (SSSR count). The fourth-order valence-corrected chi connectivity index (χ4v) is 2.39. The molecule has 25 heavy (non-hydrogen) atoms. The summed E-state index contributed by atoms with van der Waals surface area (Å²) in [7, 11) is 0. The van der Waals surface area contributed by atoms with E-state index in [4.69, 9.17) is 9.15 Å². The summed E-state index contributed by atoms with van der Waals surface area (Å²) in [4.78, 5) is 34.3. The lowest BCUT2D eigenvalue weighted by Gasteiger charge is -2.09. The van der Waals surface area contributed by atoms with Crippen molar-refractivity contribution < 1.29 is 18.7 Å². The van der Waals surface area contributed by atoms with Crippen LogP contribution in [0.4, 0.5) is 0 Å². The van der Waals surface area contributed by atoms with Crippen LogP contribution in [0.15, 0.2) is 57.3 Å². The van der Waals surface area contributed by atoms with Crippen LogP contribution >= 0.6 is 0 Å². The van der Waals surface area contributed by atoms with Crippen molar-refractivity contribution in [3.63, 3.8) is 0 Å². The summed E-state index contributed by atoms with van der Waals surface area (Å²) >= 11 is 0. The van der Waals surface area contributed by atoms with E-state index in [0.717, 1.165) is 10.9 Å². The Morgan fingerprint density at radius 2 is 2.08 bits per heavy atom. The molecular weight excluding hydrogens is 320 g/mol. The Labute approximate surface area is 145 Å². The molecule has 2 aromatic rings. The molecule has 0 radical (unpaired) electrons. The van der Waals surface area contributed by atoms with E-state index in [1.54, 1.807) is 25.1 Å². The molecule has 0 amide bonds. The van der Waals surface area contributed by atoms with Crippen molar-refractivity contribution >= 4 is 23.0 Å². The van der Waals surface area contributed by atoms with Crippen molar-refractivity contribution in [3.05, 3.63) is 64.1 Å². The maximum Gasteiger partial charge on any atom is 0.339 e. The summed E-state index contributed by atoms with van der Waals surface area (Å²) < 4.78 is 10.8. The van der Waals surface area contributed by atoms with Crippen LogP contribution in [-0.2, 0) is 9.59 Å². The van der Waals surface area contributed by atoms with Crippen molar-refractivity contribution in [3.8, 4) is 5.75 Å². The van der Waals surface area contributed by atoms with Gasteiger partial charge in [-0.05, 0) is 49.1 Å². The van der Waals surface area contributed by atoms with Gasteiger partial charge in [-0.25, -0.2) is 4.79 Å². The molecule has 0 aliphatic rings. The number of allylic oxidation sites excluding steroid dienone is 2. The lowest BCUT2D eigenvalue weighted by molar-refractivity contribution is -0.115. The highest BCUT2D eigenvalue weighted by Crippen LogP contribution is 2.27. The van der Waals surface area contributed by atoms with Crippen molar-refractivity contribution in [2.75, 3.05) is 6.61 Å². The number of benzene rings is 1. The van der Waals surface area contributed by atoms with Gasteiger partial charge in [0.25, 0.3) is 0 Å². The molecule has 0 spiro atoms. The van der Waals surface area contributed by atoms with Gasteiger partial charge < -0.3 is 9.15 Å². The van der Waals surface area contributed by atoms with Gasteiger partial charge in [0, 0.05) is 6.42 Å². The second kappa shape index (κ2) is 8.24. The number of hydrogen-bond donors (Lipinski definition) is 0. The Kier molecular flexibility index (Phi) is 6.06. The summed E-state index contributed by atoms with van der Waals surface area (Å²) in [5.74, 6) is 0.333. The van der Waals surface area contributed by atoms with E-state index in [1.165, 1.54) is 6.07 Å².